The minimum absolute atomic E-state index is 0.0277. The van der Waals surface area contributed by atoms with Crippen LogP contribution in [0, 0.1) is 5.82 Å². The van der Waals surface area contributed by atoms with Crippen LogP contribution < -0.4 is 4.74 Å². The van der Waals surface area contributed by atoms with Crippen molar-refractivity contribution in [3.63, 3.8) is 0 Å². The summed E-state index contributed by atoms with van der Waals surface area (Å²) in [5, 5.41) is 0. The van der Waals surface area contributed by atoms with Crippen LogP contribution in [0.1, 0.15) is 23.0 Å². The number of pyridine rings is 1. The molecule has 2 aromatic rings. The van der Waals surface area contributed by atoms with Crippen molar-refractivity contribution < 1.29 is 13.9 Å². The van der Waals surface area contributed by atoms with Crippen LogP contribution in [0.25, 0.3) is 0 Å². The lowest BCUT2D eigenvalue weighted by molar-refractivity contribution is 0.101. The molecule has 0 spiro atoms. The van der Waals surface area contributed by atoms with E-state index in [2.05, 4.69) is 4.98 Å². The SMILES string of the molecule is CC(=O)c1ccc(COc2cccc(F)c2)nc1. The van der Waals surface area contributed by atoms with Crippen molar-refractivity contribution in [2.24, 2.45) is 0 Å². The molecule has 1 aromatic heterocycles. The second-order valence-corrected chi connectivity index (χ2v) is 3.84. The van der Waals surface area contributed by atoms with E-state index in [1.807, 2.05) is 0 Å². The van der Waals surface area contributed by atoms with Crippen LogP contribution in [0.15, 0.2) is 42.6 Å². The number of halogens is 1. The molecule has 92 valence electrons. The zero-order valence-corrected chi connectivity index (χ0v) is 9.89. The highest BCUT2D eigenvalue weighted by molar-refractivity contribution is 5.93. The van der Waals surface area contributed by atoms with Gasteiger partial charge in [-0.15, -0.1) is 0 Å². The molecule has 0 N–H and O–H groups in total. The van der Waals surface area contributed by atoms with Crippen molar-refractivity contribution in [1.82, 2.24) is 4.98 Å². The first kappa shape index (κ1) is 12.2. The van der Waals surface area contributed by atoms with Crippen molar-refractivity contribution >= 4 is 5.78 Å². The summed E-state index contributed by atoms with van der Waals surface area (Å²) in [4.78, 5) is 15.2. The van der Waals surface area contributed by atoms with Gasteiger partial charge in [0.25, 0.3) is 0 Å². The summed E-state index contributed by atoms with van der Waals surface area (Å²) in [6.45, 7) is 1.72. The third kappa shape index (κ3) is 3.13. The Kier molecular flexibility index (Phi) is 3.67. The minimum atomic E-state index is -0.340. The molecule has 0 aliphatic rings. The number of hydrogen-bond donors (Lipinski definition) is 0. The fourth-order valence-corrected chi connectivity index (χ4v) is 1.43. The molecule has 1 aromatic carbocycles. The standard InChI is InChI=1S/C14H12FNO2/c1-10(17)11-5-6-13(16-8-11)9-18-14-4-2-3-12(15)7-14/h2-8H,9H2,1H3. The van der Waals surface area contributed by atoms with Gasteiger partial charge in [-0.3, -0.25) is 9.78 Å². The van der Waals surface area contributed by atoms with E-state index >= 15 is 0 Å². The van der Waals surface area contributed by atoms with Gasteiger partial charge < -0.3 is 4.74 Å². The normalized spacial score (nSPS) is 10.1. The fraction of sp³-hybridized carbons (Fsp3) is 0.143. The van der Waals surface area contributed by atoms with E-state index in [-0.39, 0.29) is 18.2 Å². The molecule has 0 aliphatic carbocycles. The summed E-state index contributed by atoms with van der Waals surface area (Å²) in [7, 11) is 0. The molecule has 0 fully saturated rings. The quantitative estimate of drug-likeness (QED) is 0.777. The molecular weight excluding hydrogens is 233 g/mol. The summed E-state index contributed by atoms with van der Waals surface area (Å²) in [5.41, 5.74) is 1.24. The first-order chi connectivity index (χ1) is 8.65. The monoisotopic (exact) mass is 245 g/mol. The Balaban J connectivity index is 2.00. The van der Waals surface area contributed by atoms with Gasteiger partial charge in [0.1, 0.15) is 18.2 Å². The van der Waals surface area contributed by atoms with E-state index in [1.54, 1.807) is 24.3 Å². The van der Waals surface area contributed by atoms with Crippen molar-refractivity contribution in [3.05, 3.63) is 59.7 Å². The third-order valence-corrected chi connectivity index (χ3v) is 2.41. The molecule has 3 nitrogen and oxygen atoms in total. The highest BCUT2D eigenvalue weighted by Gasteiger charge is 2.01. The summed E-state index contributed by atoms with van der Waals surface area (Å²) in [6.07, 6.45) is 1.51. The average molecular weight is 245 g/mol. The molecular formula is C14H12FNO2. The number of rotatable bonds is 4. The van der Waals surface area contributed by atoms with Crippen molar-refractivity contribution in [2.45, 2.75) is 13.5 Å². The number of nitrogens with zero attached hydrogens (tertiary/aromatic N) is 1. The van der Waals surface area contributed by atoms with E-state index in [9.17, 15) is 9.18 Å². The topological polar surface area (TPSA) is 39.2 Å². The van der Waals surface area contributed by atoms with E-state index in [0.29, 0.717) is 17.0 Å². The lowest BCUT2D eigenvalue weighted by atomic mass is 10.2. The molecule has 0 radical (unpaired) electrons. The van der Waals surface area contributed by atoms with Gasteiger partial charge in [0.05, 0.1) is 5.69 Å². The number of ether oxygens (including phenoxy) is 1. The van der Waals surface area contributed by atoms with Crippen LogP contribution in [-0.4, -0.2) is 10.8 Å². The van der Waals surface area contributed by atoms with E-state index in [0.717, 1.165) is 0 Å². The lowest BCUT2D eigenvalue weighted by Gasteiger charge is -2.05. The van der Waals surface area contributed by atoms with Crippen LogP contribution in [0.5, 0.6) is 5.75 Å². The van der Waals surface area contributed by atoms with Crippen LogP contribution in [0.4, 0.5) is 4.39 Å². The molecule has 0 bridgehead atoms. The second kappa shape index (κ2) is 5.40. The van der Waals surface area contributed by atoms with Gasteiger partial charge in [-0.2, -0.15) is 0 Å². The predicted molar refractivity (Wildman–Crippen MR) is 65.0 cm³/mol. The van der Waals surface area contributed by atoms with E-state index < -0.39 is 0 Å². The van der Waals surface area contributed by atoms with E-state index in [4.69, 9.17) is 4.74 Å². The molecule has 0 saturated heterocycles. The predicted octanol–water partition coefficient (Wildman–Crippen LogP) is 3.00. The highest BCUT2D eigenvalue weighted by atomic mass is 19.1. The maximum atomic E-state index is 12.9. The number of aromatic nitrogens is 1. The average Bonchev–Trinajstić information content (AvgIpc) is 2.37. The van der Waals surface area contributed by atoms with Gasteiger partial charge in [0, 0.05) is 17.8 Å². The molecule has 4 heteroatoms. The van der Waals surface area contributed by atoms with Crippen LogP contribution in [0.2, 0.25) is 0 Å². The largest absolute Gasteiger partial charge is 0.487 e. The molecule has 0 aliphatic heterocycles. The molecule has 0 atom stereocenters. The Bertz CT molecular complexity index is 552. The molecule has 1 heterocycles. The summed E-state index contributed by atoms with van der Waals surface area (Å²) >= 11 is 0. The van der Waals surface area contributed by atoms with Crippen LogP contribution >= 0.6 is 0 Å². The van der Waals surface area contributed by atoms with Crippen LogP contribution in [-0.2, 0) is 6.61 Å². The van der Waals surface area contributed by atoms with Gasteiger partial charge in [-0.25, -0.2) is 4.39 Å². The first-order valence-corrected chi connectivity index (χ1v) is 5.49. The maximum Gasteiger partial charge on any atom is 0.161 e. The summed E-state index contributed by atoms with van der Waals surface area (Å²) in [6, 6.07) is 9.33. The Morgan fingerprint density at radius 3 is 2.78 bits per heavy atom. The van der Waals surface area contributed by atoms with Crippen molar-refractivity contribution in [1.29, 1.82) is 0 Å². The lowest BCUT2D eigenvalue weighted by Crippen LogP contribution is -2.00. The minimum Gasteiger partial charge on any atom is -0.487 e. The fourth-order valence-electron chi connectivity index (χ4n) is 1.43. The number of benzene rings is 1. The van der Waals surface area contributed by atoms with Gasteiger partial charge in [-0.05, 0) is 31.2 Å². The Hall–Kier alpha value is -2.23. The van der Waals surface area contributed by atoms with Crippen LogP contribution in [0.3, 0.4) is 0 Å². The zero-order valence-electron chi connectivity index (χ0n) is 9.89. The number of ketones is 1. The van der Waals surface area contributed by atoms with E-state index in [1.165, 1.54) is 25.3 Å². The summed E-state index contributed by atoms with van der Waals surface area (Å²) in [5.74, 6) is 0.0833. The summed E-state index contributed by atoms with van der Waals surface area (Å²) < 4.78 is 18.3. The van der Waals surface area contributed by atoms with Crippen molar-refractivity contribution in [3.8, 4) is 5.75 Å². The molecule has 18 heavy (non-hydrogen) atoms. The number of Topliss-reactive ketones (excluding diaryl/α,β-unsaturated/α-hetero) is 1. The highest BCUT2D eigenvalue weighted by Crippen LogP contribution is 2.13. The number of carbonyl (C=O) groups excluding carboxylic acids is 1. The number of carbonyl (C=O) groups is 1. The van der Waals surface area contributed by atoms with Gasteiger partial charge in [0.2, 0.25) is 0 Å². The molecule has 0 amide bonds. The molecule has 0 unspecified atom stereocenters. The second-order valence-electron chi connectivity index (χ2n) is 3.84. The maximum absolute atomic E-state index is 12.9. The molecule has 0 saturated carbocycles. The van der Waals surface area contributed by atoms with Gasteiger partial charge in [0.15, 0.2) is 5.78 Å². The zero-order chi connectivity index (χ0) is 13.0. The molecule has 2 rings (SSSR count). The first-order valence-electron chi connectivity index (χ1n) is 5.49. The Morgan fingerprint density at radius 1 is 1.33 bits per heavy atom. The number of hydrogen-bond acceptors (Lipinski definition) is 3. The Labute approximate surface area is 104 Å². The smallest absolute Gasteiger partial charge is 0.161 e. The van der Waals surface area contributed by atoms with Gasteiger partial charge in [-0.1, -0.05) is 6.07 Å². The Morgan fingerprint density at radius 2 is 2.17 bits per heavy atom. The van der Waals surface area contributed by atoms with Gasteiger partial charge >= 0.3 is 0 Å². The van der Waals surface area contributed by atoms with Crippen molar-refractivity contribution in [2.75, 3.05) is 0 Å². The third-order valence-electron chi connectivity index (χ3n) is 2.41.